The lowest BCUT2D eigenvalue weighted by molar-refractivity contribution is 0.0702. The van der Waals surface area contributed by atoms with Gasteiger partial charge in [-0.3, -0.25) is 0 Å². The van der Waals surface area contributed by atoms with E-state index < -0.39 is 11.9 Å². The van der Waals surface area contributed by atoms with Gasteiger partial charge in [0.05, 0.1) is 5.92 Å². The van der Waals surface area contributed by atoms with E-state index in [-0.39, 0.29) is 22.8 Å². The first-order chi connectivity index (χ1) is 17.6. The van der Waals surface area contributed by atoms with Crippen LogP contribution in [0.4, 0.5) is 0 Å². The molecule has 0 fully saturated rings. The number of fused-ring (bicyclic) bond motifs is 2. The van der Waals surface area contributed by atoms with Crippen LogP contribution in [-0.2, 0) is 5.41 Å². The zero-order valence-electron chi connectivity index (χ0n) is 21.5. The van der Waals surface area contributed by atoms with E-state index in [2.05, 4.69) is 39.0 Å². The lowest BCUT2D eigenvalue weighted by Crippen LogP contribution is -2.21. The third-order valence-corrected chi connectivity index (χ3v) is 6.79. The van der Waals surface area contributed by atoms with Gasteiger partial charge in [0.25, 0.3) is 0 Å². The molecule has 186 valence electrons. The Morgan fingerprint density at radius 1 is 1.03 bits per heavy atom. The van der Waals surface area contributed by atoms with E-state index in [1.54, 1.807) is 18.2 Å². The van der Waals surface area contributed by atoms with Crippen LogP contribution in [0.2, 0.25) is 0 Å². The molecule has 2 heterocycles. The lowest BCUT2D eigenvalue weighted by atomic mass is 9.81. The van der Waals surface area contributed by atoms with E-state index in [9.17, 15) is 10.1 Å². The first-order valence-electron chi connectivity index (χ1n) is 12.1. The monoisotopic (exact) mass is 492 g/mol. The second-order valence-electron chi connectivity index (χ2n) is 10.4. The number of furan rings is 1. The Morgan fingerprint density at radius 3 is 2.43 bits per heavy atom. The minimum Gasteiger partial charge on any atom is -0.449 e. The van der Waals surface area contributed by atoms with Gasteiger partial charge in [-0.15, -0.1) is 0 Å². The van der Waals surface area contributed by atoms with Crippen LogP contribution >= 0.6 is 0 Å². The van der Waals surface area contributed by atoms with Gasteiger partial charge in [0.2, 0.25) is 11.6 Å². The molecule has 4 aromatic rings. The summed E-state index contributed by atoms with van der Waals surface area (Å²) >= 11 is 0. The van der Waals surface area contributed by atoms with Gasteiger partial charge in [0.15, 0.2) is 0 Å². The number of allylic oxidation sites excluding steroid dienone is 1. The predicted octanol–water partition coefficient (Wildman–Crippen LogP) is 6.78. The van der Waals surface area contributed by atoms with Gasteiger partial charge < -0.3 is 19.6 Å². The Balaban J connectivity index is 1.48. The van der Waals surface area contributed by atoms with Crippen molar-refractivity contribution in [1.82, 2.24) is 0 Å². The van der Waals surface area contributed by atoms with E-state index in [1.807, 2.05) is 44.2 Å². The van der Waals surface area contributed by atoms with Gasteiger partial charge >= 0.3 is 5.97 Å². The van der Waals surface area contributed by atoms with Crippen molar-refractivity contribution < 1.29 is 18.7 Å². The number of ether oxygens (including phenoxy) is 2. The van der Waals surface area contributed by atoms with E-state index in [0.29, 0.717) is 16.9 Å². The summed E-state index contributed by atoms with van der Waals surface area (Å²) in [7, 11) is 0. The Hall–Kier alpha value is -4.50. The van der Waals surface area contributed by atoms with Gasteiger partial charge in [-0.25, -0.2) is 4.79 Å². The van der Waals surface area contributed by atoms with Crippen molar-refractivity contribution in [3.8, 4) is 17.6 Å². The minimum atomic E-state index is -0.599. The molecule has 0 radical (unpaired) electrons. The summed E-state index contributed by atoms with van der Waals surface area (Å²) < 4.78 is 17.3. The number of hydrogen-bond donors (Lipinski definition) is 1. The number of nitrogens with two attached hydrogens (primary N) is 1. The van der Waals surface area contributed by atoms with Crippen molar-refractivity contribution in [2.75, 3.05) is 0 Å². The number of esters is 1. The lowest BCUT2D eigenvalue weighted by Gasteiger charge is -2.27. The van der Waals surface area contributed by atoms with Crippen LogP contribution in [0.3, 0.4) is 0 Å². The maximum atomic E-state index is 13.0. The molecule has 1 aromatic heterocycles. The zero-order chi connectivity index (χ0) is 26.5. The predicted molar refractivity (Wildman–Crippen MR) is 142 cm³/mol. The summed E-state index contributed by atoms with van der Waals surface area (Å²) in [6.07, 6.45) is 0. The topological polar surface area (TPSA) is 98.5 Å². The molecule has 2 N–H and O–H groups in total. The number of hydrogen-bond acceptors (Lipinski definition) is 6. The molecule has 0 bridgehead atoms. The molecule has 1 unspecified atom stereocenters. The highest BCUT2D eigenvalue weighted by Crippen LogP contribution is 2.44. The van der Waals surface area contributed by atoms with Crippen LogP contribution < -0.4 is 15.2 Å². The molecule has 1 aliphatic heterocycles. The fourth-order valence-electron chi connectivity index (χ4n) is 4.70. The van der Waals surface area contributed by atoms with E-state index in [0.717, 1.165) is 27.6 Å². The molecule has 3 aromatic carbocycles. The molecule has 6 nitrogen and oxygen atoms in total. The summed E-state index contributed by atoms with van der Waals surface area (Å²) in [5.41, 5.74) is 11.8. The quantitative estimate of drug-likeness (QED) is 0.250. The van der Waals surface area contributed by atoms with Crippen LogP contribution in [0.5, 0.6) is 11.5 Å². The normalized spacial score (nSPS) is 15.2. The molecule has 0 amide bonds. The van der Waals surface area contributed by atoms with Gasteiger partial charge in [0, 0.05) is 22.6 Å². The number of rotatable bonds is 3. The summed E-state index contributed by atoms with van der Waals surface area (Å²) in [4.78, 5) is 13.0. The fourth-order valence-corrected chi connectivity index (χ4v) is 4.70. The number of benzene rings is 3. The molecule has 0 spiro atoms. The highest BCUT2D eigenvalue weighted by atomic mass is 16.5. The SMILES string of the molecule is Cc1ccc2c(C)c(C(=O)Oc3ccc4c(c3)OC(N)=C(C#N)C4c3ccc(C(C)(C)C)cc3)oc2c1. The minimum absolute atomic E-state index is 0.00877. The van der Waals surface area contributed by atoms with Gasteiger partial charge in [-0.2, -0.15) is 5.26 Å². The van der Waals surface area contributed by atoms with Crippen molar-refractivity contribution in [2.45, 2.75) is 46.0 Å². The van der Waals surface area contributed by atoms with E-state index in [1.165, 1.54) is 5.56 Å². The molecule has 6 heteroatoms. The highest BCUT2D eigenvalue weighted by Gasteiger charge is 2.31. The maximum Gasteiger partial charge on any atom is 0.379 e. The van der Waals surface area contributed by atoms with Gasteiger partial charge in [0.1, 0.15) is 28.7 Å². The third kappa shape index (κ3) is 4.34. The van der Waals surface area contributed by atoms with Crippen LogP contribution in [0.25, 0.3) is 11.0 Å². The van der Waals surface area contributed by atoms with E-state index >= 15 is 0 Å². The Bertz CT molecular complexity index is 1610. The Morgan fingerprint density at radius 2 is 1.76 bits per heavy atom. The van der Waals surface area contributed by atoms with Gasteiger partial charge in [-0.1, -0.05) is 63.2 Å². The number of carbonyl (C=O) groups is 1. The number of nitriles is 1. The standard InChI is InChI=1S/C31H28N2O4/c1-17-6-12-22-18(2)28(36-25(22)14-17)30(34)35-21-11-13-23-26(15-21)37-29(33)24(16-32)27(23)19-7-9-20(10-8-19)31(3,4)5/h6-15,27H,33H2,1-5H3. The van der Waals surface area contributed by atoms with Crippen molar-refractivity contribution in [1.29, 1.82) is 5.26 Å². The van der Waals surface area contributed by atoms with Crippen LogP contribution in [0.1, 0.15) is 65.1 Å². The van der Waals surface area contributed by atoms with Crippen LogP contribution in [-0.4, -0.2) is 5.97 Å². The molecular formula is C31H28N2O4. The average molecular weight is 493 g/mol. The van der Waals surface area contributed by atoms with Crippen molar-refractivity contribution in [3.05, 3.63) is 106 Å². The summed E-state index contributed by atoms with van der Waals surface area (Å²) in [5.74, 6) is -0.0846. The van der Waals surface area contributed by atoms with E-state index in [4.69, 9.17) is 19.6 Å². The summed E-state index contributed by atoms with van der Waals surface area (Å²) in [5, 5.41) is 10.7. The molecule has 0 aliphatic carbocycles. The van der Waals surface area contributed by atoms with Crippen molar-refractivity contribution >= 4 is 16.9 Å². The third-order valence-electron chi connectivity index (χ3n) is 6.79. The summed E-state index contributed by atoms with van der Waals surface area (Å²) in [6, 6.07) is 21.3. The molecule has 1 aliphatic rings. The van der Waals surface area contributed by atoms with Gasteiger partial charge in [-0.05, 0) is 48.1 Å². The summed E-state index contributed by atoms with van der Waals surface area (Å²) in [6.45, 7) is 10.3. The Kier molecular flexibility index (Phi) is 5.80. The highest BCUT2D eigenvalue weighted by molar-refractivity contribution is 5.97. The number of aryl methyl sites for hydroxylation is 2. The first kappa shape index (κ1) is 24.2. The fraction of sp³-hybridized carbons (Fsp3) is 0.226. The molecule has 0 saturated carbocycles. The second-order valence-corrected chi connectivity index (χ2v) is 10.4. The van der Waals surface area contributed by atoms with Crippen LogP contribution in [0.15, 0.2) is 76.5 Å². The van der Waals surface area contributed by atoms with Crippen molar-refractivity contribution in [2.24, 2.45) is 5.73 Å². The number of nitrogens with zero attached hydrogens (tertiary/aromatic N) is 1. The van der Waals surface area contributed by atoms with Crippen LogP contribution in [0, 0.1) is 25.2 Å². The molecule has 0 saturated heterocycles. The average Bonchev–Trinajstić information content (AvgIpc) is 3.18. The largest absolute Gasteiger partial charge is 0.449 e. The second kappa shape index (κ2) is 8.86. The Labute approximate surface area is 215 Å². The molecule has 37 heavy (non-hydrogen) atoms. The van der Waals surface area contributed by atoms with Crippen molar-refractivity contribution in [3.63, 3.8) is 0 Å². The first-order valence-corrected chi connectivity index (χ1v) is 12.1. The number of carbonyl (C=O) groups excluding carboxylic acids is 1. The maximum absolute atomic E-state index is 13.0. The molecule has 5 rings (SSSR count). The zero-order valence-corrected chi connectivity index (χ0v) is 21.5. The molecular weight excluding hydrogens is 464 g/mol. The molecule has 1 atom stereocenters. The smallest absolute Gasteiger partial charge is 0.379 e.